The van der Waals surface area contributed by atoms with E-state index in [-0.39, 0.29) is 11.7 Å². The summed E-state index contributed by atoms with van der Waals surface area (Å²) in [4.78, 5) is 23.7. The number of likely N-dealkylation sites (N-methyl/N-ethyl adjacent to an activating group) is 1. The summed E-state index contributed by atoms with van der Waals surface area (Å²) in [6.45, 7) is 2.22. The largest absolute Gasteiger partial charge is 0.341 e. The van der Waals surface area contributed by atoms with Crippen molar-refractivity contribution in [3.63, 3.8) is 0 Å². The maximum absolute atomic E-state index is 13.1. The van der Waals surface area contributed by atoms with Gasteiger partial charge in [-0.05, 0) is 19.1 Å². The third-order valence-corrected chi connectivity index (χ3v) is 2.97. The molecule has 1 rings (SSSR count). The maximum Gasteiger partial charge on any atom is 0.321 e. The number of urea groups is 1. The second-order valence-corrected chi connectivity index (χ2v) is 4.44. The predicted octanol–water partition coefficient (Wildman–Crippen LogP) is -0.315. The Morgan fingerprint density at radius 2 is 2.11 bits per heavy atom. The molecule has 0 aliphatic carbocycles. The smallest absolute Gasteiger partial charge is 0.321 e. The minimum atomic E-state index is -0.532. The molecular formula is C13H19FN3O2+. The Morgan fingerprint density at radius 3 is 2.68 bits per heavy atom. The van der Waals surface area contributed by atoms with E-state index in [0.29, 0.717) is 6.54 Å². The van der Waals surface area contributed by atoms with Crippen LogP contribution in [0.15, 0.2) is 24.3 Å². The third-order valence-electron chi connectivity index (χ3n) is 2.97. The summed E-state index contributed by atoms with van der Waals surface area (Å²) in [5.41, 5.74) is 0.803. The van der Waals surface area contributed by atoms with Gasteiger partial charge in [-0.2, -0.15) is 0 Å². The lowest BCUT2D eigenvalue weighted by Crippen LogP contribution is -3.12. The fraction of sp³-hybridized carbons (Fsp3) is 0.385. The van der Waals surface area contributed by atoms with Gasteiger partial charge < -0.3 is 10.2 Å². The number of nitrogens with one attached hydrogen (secondary N) is 3. The Morgan fingerprint density at radius 1 is 1.42 bits per heavy atom. The van der Waals surface area contributed by atoms with Crippen molar-refractivity contribution < 1.29 is 18.9 Å². The van der Waals surface area contributed by atoms with Crippen molar-refractivity contribution in [2.24, 2.45) is 0 Å². The van der Waals surface area contributed by atoms with Gasteiger partial charge >= 0.3 is 6.03 Å². The van der Waals surface area contributed by atoms with E-state index in [4.69, 9.17) is 0 Å². The van der Waals surface area contributed by atoms with Gasteiger partial charge in [0.2, 0.25) is 0 Å². The zero-order valence-corrected chi connectivity index (χ0v) is 11.3. The van der Waals surface area contributed by atoms with Gasteiger partial charge in [0.15, 0.2) is 6.04 Å². The SMILES string of the molecule is CNC(=O)NC(=O)[C@@H](C)[NH+](C)Cc1cccc(F)c1. The molecular weight excluding hydrogens is 249 g/mol. The highest BCUT2D eigenvalue weighted by atomic mass is 19.1. The van der Waals surface area contributed by atoms with Gasteiger partial charge in [-0.1, -0.05) is 12.1 Å². The first-order valence-corrected chi connectivity index (χ1v) is 6.03. The zero-order chi connectivity index (χ0) is 14.4. The monoisotopic (exact) mass is 268 g/mol. The van der Waals surface area contributed by atoms with E-state index in [2.05, 4.69) is 10.6 Å². The van der Waals surface area contributed by atoms with Gasteiger partial charge in [0.1, 0.15) is 12.4 Å². The molecule has 0 saturated heterocycles. The molecule has 0 spiro atoms. The molecule has 0 aliphatic heterocycles. The number of amides is 3. The van der Waals surface area contributed by atoms with Crippen molar-refractivity contribution in [1.82, 2.24) is 10.6 Å². The molecule has 0 saturated carbocycles. The number of imide groups is 1. The average molecular weight is 268 g/mol. The number of benzene rings is 1. The van der Waals surface area contributed by atoms with Gasteiger partial charge in [-0.15, -0.1) is 0 Å². The van der Waals surface area contributed by atoms with Crippen molar-refractivity contribution in [1.29, 1.82) is 0 Å². The lowest BCUT2D eigenvalue weighted by atomic mass is 10.2. The van der Waals surface area contributed by atoms with Crippen LogP contribution in [0.25, 0.3) is 0 Å². The summed E-state index contributed by atoms with van der Waals surface area (Å²) in [7, 11) is 3.26. The van der Waals surface area contributed by atoms with Crippen LogP contribution in [0.1, 0.15) is 12.5 Å². The zero-order valence-electron chi connectivity index (χ0n) is 11.3. The third kappa shape index (κ3) is 4.67. The van der Waals surface area contributed by atoms with E-state index >= 15 is 0 Å². The summed E-state index contributed by atoms with van der Waals surface area (Å²) in [5.74, 6) is -0.666. The second kappa shape index (κ2) is 6.84. The highest BCUT2D eigenvalue weighted by Gasteiger charge is 2.23. The molecule has 0 heterocycles. The lowest BCUT2D eigenvalue weighted by Gasteiger charge is -2.20. The maximum atomic E-state index is 13.1. The molecule has 104 valence electrons. The number of halogens is 1. The van der Waals surface area contributed by atoms with Crippen molar-refractivity contribution in [2.45, 2.75) is 19.5 Å². The average Bonchev–Trinajstić information content (AvgIpc) is 2.37. The van der Waals surface area contributed by atoms with Crippen LogP contribution < -0.4 is 15.5 Å². The van der Waals surface area contributed by atoms with Crippen LogP contribution in [-0.2, 0) is 11.3 Å². The molecule has 0 fully saturated rings. The number of carbonyl (C=O) groups excluding carboxylic acids is 2. The lowest BCUT2D eigenvalue weighted by molar-refractivity contribution is -0.908. The number of carbonyl (C=O) groups is 2. The molecule has 5 nitrogen and oxygen atoms in total. The number of quaternary nitrogens is 1. The normalized spacial score (nSPS) is 13.5. The standard InChI is InChI=1S/C13H18FN3O2/c1-9(12(18)16-13(19)15-2)17(3)8-10-5-4-6-11(14)7-10/h4-7,9H,8H2,1-3H3,(H2,15,16,18,19)/p+1/t9-/m1/s1. The summed E-state index contributed by atoms with van der Waals surface area (Å²) < 4.78 is 13.1. The Labute approximate surface area is 111 Å². The van der Waals surface area contributed by atoms with E-state index in [0.717, 1.165) is 10.5 Å². The van der Waals surface area contributed by atoms with E-state index in [1.165, 1.54) is 19.2 Å². The van der Waals surface area contributed by atoms with Crippen LogP contribution in [0.5, 0.6) is 0 Å². The van der Waals surface area contributed by atoms with E-state index in [1.807, 2.05) is 7.05 Å². The second-order valence-electron chi connectivity index (χ2n) is 4.44. The first kappa shape index (κ1) is 15.1. The number of hydrogen-bond donors (Lipinski definition) is 3. The minimum absolute atomic E-state index is 0.298. The topological polar surface area (TPSA) is 62.6 Å². The number of rotatable bonds is 4. The fourth-order valence-electron chi connectivity index (χ4n) is 1.63. The highest BCUT2D eigenvalue weighted by molar-refractivity contribution is 5.96. The van der Waals surface area contributed by atoms with Crippen molar-refractivity contribution >= 4 is 11.9 Å². The Hall–Kier alpha value is -1.95. The van der Waals surface area contributed by atoms with E-state index in [9.17, 15) is 14.0 Å². The summed E-state index contributed by atoms with van der Waals surface area (Å²) in [5, 5.41) is 4.54. The van der Waals surface area contributed by atoms with Gasteiger partial charge in [0.25, 0.3) is 5.91 Å². The summed E-state index contributed by atoms with van der Waals surface area (Å²) >= 11 is 0. The van der Waals surface area contributed by atoms with Crippen LogP contribution in [0.3, 0.4) is 0 Å². The molecule has 0 aliphatic rings. The number of hydrogen-bond acceptors (Lipinski definition) is 2. The first-order chi connectivity index (χ1) is 8.93. The Kier molecular flexibility index (Phi) is 5.44. The van der Waals surface area contributed by atoms with Crippen molar-refractivity contribution in [3.8, 4) is 0 Å². The van der Waals surface area contributed by atoms with Crippen molar-refractivity contribution in [2.75, 3.05) is 14.1 Å². The molecule has 1 aromatic carbocycles. The summed E-state index contributed by atoms with van der Waals surface area (Å²) in [6.07, 6.45) is 0. The highest BCUT2D eigenvalue weighted by Crippen LogP contribution is 2.01. The van der Waals surface area contributed by atoms with Crippen LogP contribution in [0.2, 0.25) is 0 Å². The Balaban J connectivity index is 2.59. The van der Waals surface area contributed by atoms with Gasteiger partial charge in [0, 0.05) is 12.6 Å². The molecule has 1 unspecified atom stereocenters. The summed E-state index contributed by atoms with van der Waals surface area (Å²) in [6, 6.07) is 5.30. The molecule has 0 radical (unpaired) electrons. The van der Waals surface area contributed by atoms with Crippen molar-refractivity contribution in [3.05, 3.63) is 35.6 Å². The molecule has 3 amide bonds. The quantitative estimate of drug-likeness (QED) is 0.701. The molecule has 1 aromatic rings. The van der Waals surface area contributed by atoms with Crippen LogP contribution >= 0.6 is 0 Å². The molecule has 19 heavy (non-hydrogen) atoms. The van der Waals surface area contributed by atoms with Gasteiger partial charge in [0.05, 0.1) is 7.05 Å². The van der Waals surface area contributed by atoms with Gasteiger partial charge in [-0.3, -0.25) is 10.1 Å². The molecule has 0 aromatic heterocycles. The van der Waals surface area contributed by atoms with Crippen LogP contribution in [0, 0.1) is 5.82 Å². The first-order valence-electron chi connectivity index (χ1n) is 6.03. The van der Waals surface area contributed by atoms with Gasteiger partial charge in [-0.25, -0.2) is 9.18 Å². The van der Waals surface area contributed by atoms with E-state index < -0.39 is 12.1 Å². The minimum Gasteiger partial charge on any atom is -0.341 e. The molecule has 2 atom stereocenters. The van der Waals surface area contributed by atoms with Crippen LogP contribution in [0.4, 0.5) is 9.18 Å². The molecule has 3 N–H and O–H groups in total. The Bertz CT molecular complexity index is 465. The van der Waals surface area contributed by atoms with Crippen LogP contribution in [-0.4, -0.2) is 32.1 Å². The fourth-order valence-corrected chi connectivity index (χ4v) is 1.63. The predicted molar refractivity (Wildman–Crippen MR) is 69.1 cm³/mol. The van der Waals surface area contributed by atoms with E-state index in [1.54, 1.807) is 19.1 Å². The molecule has 6 heteroatoms. The molecule has 0 bridgehead atoms.